The lowest BCUT2D eigenvalue weighted by molar-refractivity contribution is 0.0503. The fourth-order valence-electron chi connectivity index (χ4n) is 4.68. The van der Waals surface area contributed by atoms with Gasteiger partial charge in [0.2, 0.25) is 0 Å². The van der Waals surface area contributed by atoms with Gasteiger partial charge in [0, 0.05) is 51.7 Å². The topological polar surface area (TPSA) is 61.7 Å². The maximum atomic E-state index is 4.86. The first-order valence-corrected chi connectivity index (χ1v) is 10.8. The summed E-state index contributed by atoms with van der Waals surface area (Å²) in [5, 5.41) is 16.7. The monoisotopic (exact) mass is 384 g/mol. The van der Waals surface area contributed by atoms with Gasteiger partial charge in [0.05, 0.1) is 23.5 Å². The molecule has 0 spiro atoms. The van der Waals surface area contributed by atoms with Gasteiger partial charge >= 0.3 is 0 Å². The van der Waals surface area contributed by atoms with Crippen LogP contribution in [0.1, 0.15) is 25.7 Å². The molecule has 5 heterocycles. The lowest BCUT2D eigenvalue weighted by Gasteiger charge is -2.37. The number of piperazine rings is 1. The molecule has 0 radical (unpaired) electrons. The van der Waals surface area contributed by atoms with Gasteiger partial charge in [-0.3, -0.25) is 25.3 Å². The molecule has 2 N–H and O–H groups in total. The van der Waals surface area contributed by atoms with Crippen LogP contribution in [0.3, 0.4) is 0 Å². The van der Waals surface area contributed by atoms with Crippen LogP contribution in [0.5, 0.6) is 0 Å². The second-order valence-electron chi connectivity index (χ2n) is 8.21. The van der Waals surface area contributed by atoms with Crippen molar-refractivity contribution >= 4 is 11.4 Å². The summed E-state index contributed by atoms with van der Waals surface area (Å²) in [4.78, 5) is 9.72. The van der Waals surface area contributed by atoms with E-state index in [-0.39, 0.29) is 12.1 Å². The molecular weight excluding hydrogens is 352 g/mol. The van der Waals surface area contributed by atoms with Gasteiger partial charge in [-0.15, -0.1) is 0 Å². The third-order valence-corrected chi connectivity index (χ3v) is 6.34. The lowest BCUT2D eigenvalue weighted by Crippen LogP contribution is -2.60. The Morgan fingerprint density at radius 3 is 1.57 bits per heavy atom. The van der Waals surface area contributed by atoms with Crippen molar-refractivity contribution < 1.29 is 0 Å². The normalized spacial score (nSPS) is 32.1. The molecular formula is C20H32N8. The number of hydrogen-bond acceptors (Lipinski definition) is 8. The molecule has 0 aromatic rings. The van der Waals surface area contributed by atoms with Gasteiger partial charge in [0.1, 0.15) is 13.3 Å². The quantitative estimate of drug-likeness (QED) is 0.731. The Labute approximate surface area is 167 Å². The fourth-order valence-corrected chi connectivity index (χ4v) is 4.68. The van der Waals surface area contributed by atoms with Crippen molar-refractivity contribution in [2.45, 2.75) is 37.8 Å². The number of nitrogens with zero attached hydrogens (tertiary/aromatic N) is 6. The maximum absolute atomic E-state index is 4.86. The van der Waals surface area contributed by atoms with Crippen molar-refractivity contribution in [2.75, 3.05) is 52.6 Å². The van der Waals surface area contributed by atoms with E-state index in [0.717, 1.165) is 64.0 Å². The van der Waals surface area contributed by atoms with E-state index in [1.165, 1.54) is 25.7 Å². The minimum atomic E-state index is 0.239. The predicted octanol–water partition coefficient (Wildman–Crippen LogP) is 0.394. The van der Waals surface area contributed by atoms with Gasteiger partial charge in [-0.2, -0.15) is 0 Å². The Bertz CT molecular complexity index is 616. The first kappa shape index (κ1) is 18.3. The summed E-state index contributed by atoms with van der Waals surface area (Å²) in [6.45, 7) is 7.92. The molecule has 0 aromatic carbocycles. The number of hydrazine groups is 2. The predicted molar refractivity (Wildman–Crippen MR) is 112 cm³/mol. The second kappa shape index (κ2) is 8.32. The van der Waals surface area contributed by atoms with Gasteiger partial charge in [0.15, 0.2) is 0 Å². The van der Waals surface area contributed by atoms with Crippen LogP contribution >= 0.6 is 0 Å². The van der Waals surface area contributed by atoms with Crippen molar-refractivity contribution in [3.05, 3.63) is 24.6 Å². The van der Waals surface area contributed by atoms with Crippen molar-refractivity contribution in [2.24, 2.45) is 9.98 Å². The van der Waals surface area contributed by atoms with E-state index < -0.39 is 0 Å². The van der Waals surface area contributed by atoms with E-state index in [9.17, 15) is 0 Å². The molecule has 5 aliphatic heterocycles. The molecule has 152 valence electrons. The molecule has 3 saturated heterocycles. The molecule has 0 aliphatic carbocycles. The standard InChI is InChI=1S/C20H32N8/c1-2-8-25(7-1)27-11-5-17(22-15-27)19-13-21-14-20(24-19)18-6-12-28(16-23-18)26-9-3-4-10-26/h5-6,11-12,19-21,24H,1-4,7-10,13-16H2. The molecule has 0 aromatic heterocycles. The summed E-state index contributed by atoms with van der Waals surface area (Å²) >= 11 is 0. The van der Waals surface area contributed by atoms with Gasteiger partial charge in [0.25, 0.3) is 0 Å². The molecule has 2 unspecified atom stereocenters. The lowest BCUT2D eigenvalue weighted by atomic mass is 10.0. The maximum Gasteiger partial charge on any atom is 0.124 e. The first-order valence-electron chi connectivity index (χ1n) is 10.8. The van der Waals surface area contributed by atoms with Crippen LogP contribution in [-0.2, 0) is 0 Å². The number of aliphatic imine (C=N–C) groups is 2. The first-order chi connectivity index (χ1) is 13.9. The number of nitrogens with one attached hydrogen (secondary N) is 2. The van der Waals surface area contributed by atoms with E-state index in [1.54, 1.807) is 0 Å². The molecule has 8 nitrogen and oxygen atoms in total. The average Bonchev–Trinajstić information content (AvgIpc) is 3.49. The fraction of sp³-hybridized carbons (Fsp3) is 0.700. The highest BCUT2D eigenvalue weighted by molar-refractivity contribution is 6.03. The molecule has 3 fully saturated rings. The molecule has 5 aliphatic rings. The number of hydrogen-bond donors (Lipinski definition) is 2. The Hall–Kier alpha value is -1.74. The van der Waals surface area contributed by atoms with E-state index in [0.29, 0.717) is 0 Å². The van der Waals surface area contributed by atoms with Crippen molar-refractivity contribution in [3.8, 4) is 0 Å². The highest BCUT2D eigenvalue weighted by atomic mass is 15.6. The van der Waals surface area contributed by atoms with Crippen molar-refractivity contribution in [3.63, 3.8) is 0 Å². The van der Waals surface area contributed by atoms with Crippen LogP contribution in [0.15, 0.2) is 34.5 Å². The Morgan fingerprint density at radius 2 is 1.18 bits per heavy atom. The minimum Gasteiger partial charge on any atom is -0.313 e. The Balaban J connectivity index is 1.17. The summed E-state index contributed by atoms with van der Waals surface area (Å²) in [6.07, 6.45) is 13.9. The van der Waals surface area contributed by atoms with E-state index >= 15 is 0 Å². The number of rotatable bonds is 4. The van der Waals surface area contributed by atoms with Gasteiger partial charge in [-0.05, 0) is 37.8 Å². The largest absolute Gasteiger partial charge is 0.313 e. The zero-order chi connectivity index (χ0) is 18.8. The van der Waals surface area contributed by atoms with Crippen LogP contribution < -0.4 is 10.6 Å². The summed E-state index contributed by atoms with van der Waals surface area (Å²) in [6, 6.07) is 0.479. The Kier molecular flexibility index (Phi) is 5.44. The smallest absolute Gasteiger partial charge is 0.124 e. The van der Waals surface area contributed by atoms with Crippen LogP contribution in [0, 0.1) is 0 Å². The zero-order valence-corrected chi connectivity index (χ0v) is 16.6. The molecule has 0 amide bonds. The van der Waals surface area contributed by atoms with Crippen molar-refractivity contribution in [1.29, 1.82) is 0 Å². The SMILES string of the molecule is C1=CN(N2CCCC2)CN=C1C1CNCC(C2=NCN(N3CCCC3)C=C2)N1. The molecule has 28 heavy (non-hydrogen) atoms. The summed E-state index contributed by atoms with van der Waals surface area (Å²) in [5.74, 6) is 0. The van der Waals surface area contributed by atoms with Crippen LogP contribution in [0.4, 0.5) is 0 Å². The van der Waals surface area contributed by atoms with E-state index in [1.807, 2.05) is 0 Å². The third-order valence-electron chi connectivity index (χ3n) is 6.34. The summed E-state index contributed by atoms with van der Waals surface area (Å²) in [5.41, 5.74) is 2.29. The van der Waals surface area contributed by atoms with Crippen LogP contribution in [0.25, 0.3) is 0 Å². The van der Waals surface area contributed by atoms with Crippen LogP contribution in [0.2, 0.25) is 0 Å². The Morgan fingerprint density at radius 1 is 0.714 bits per heavy atom. The molecule has 2 atom stereocenters. The summed E-state index contributed by atoms with van der Waals surface area (Å²) in [7, 11) is 0. The zero-order valence-electron chi connectivity index (χ0n) is 16.6. The molecule has 5 rings (SSSR count). The summed E-state index contributed by atoms with van der Waals surface area (Å²) < 4.78 is 0. The average molecular weight is 385 g/mol. The van der Waals surface area contributed by atoms with Gasteiger partial charge < -0.3 is 5.32 Å². The van der Waals surface area contributed by atoms with E-state index in [2.05, 4.69) is 55.2 Å². The second-order valence-corrected chi connectivity index (χ2v) is 8.21. The molecule has 0 bridgehead atoms. The minimum absolute atomic E-state index is 0.239. The highest BCUT2D eigenvalue weighted by Gasteiger charge is 2.29. The van der Waals surface area contributed by atoms with Crippen LogP contribution in [-0.4, -0.2) is 96.1 Å². The van der Waals surface area contributed by atoms with Gasteiger partial charge in [-0.1, -0.05) is 0 Å². The highest BCUT2D eigenvalue weighted by Crippen LogP contribution is 2.16. The van der Waals surface area contributed by atoms with Crippen molar-refractivity contribution in [1.82, 2.24) is 30.7 Å². The third kappa shape index (κ3) is 3.87. The van der Waals surface area contributed by atoms with E-state index in [4.69, 9.17) is 9.98 Å². The molecule has 8 heteroatoms. The molecule has 0 saturated carbocycles. The van der Waals surface area contributed by atoms with Gasteiger partial charge in [-0.25, -0.2) is 10.0 Å².